The van der Waals surface area contributed by atoms with Crippen LogP contribution in [-0.4, -0.2) is 42.7 Å². The minimum Gasteiger partial charge on any atom is -0.494 e. The van der Waals surface area contributed by atoms with Crippen LogP contribution in [0.4, 0.5) is 0 Å². The summed E-state index contributed by atoms with van der Waals surface area (Å²) < 4.78 is 5.67. The first kappa shape index (κ1) is 18.5. The van der Waals surface area contributed by atoms with Crippen molar-refractivity contribution < 1.29 is 14.6 Å². The fraction of sp³-hybridized carbons (Fsp3) is 0.409. The Bertz CT molecular complexity index is 744. The molecule has 0 aliphatic heterocycles. The highest BCUT2D eigenvalue weighted by atomic mass is 16.5. The molecule has 138 valence electrons. The first-order chi connectivity index (χ1) is 12.6. The third-order valence-corrected chi connectivity index (χ3v) is 5.13. The number of rotatable bonds is 7. The van der Waals surface area contributed by atoms with Crippen molar-refractivity contribution in [1.29, 1.82) is 0 Å². The molecule has 4 nitrogen and oxygen atoms in total. The molecule has 1 N–H and O–H groups in total. The Balaban J connectivity index is 1.92. The van der Waals surface area contributed by atoms with E-state index in [1.807, 2.05) is 24.9 Å². The summed E-state index contributed by atoms with van der Waals surface area (Å²) in [6.07, 6.45) is 2.05. The minimum absolute atomic E-state index is 0.0775. The first-order valence-corrected chi connectivity index (χ1v) is 9.29. The van der Waals surface area contributed by atoms with Crippen LogP contribution >= 0.6 is 0 Å². The Morgan fingerprint density at radius 2 is 2.00 bits per heavy atom. The van der Waals surface area contributed by atoms with Gasteiger partial charge in [0.1, 0.15) is 5.75 Å². The Morgan fingerprint density at radius 3 is 2.69 bits per heavy atom. The molecule has 1 aliphatic carbocycles. The van der Waals surface area contributed by atoms with Gasteiger partial charge >= 0.3 is 5.97 Å². The average molecular weight is 353 g/mol. The number of benzene rings is 2. The molecule has 1 aliphatic rings. The maximum absolute atomic E-state index is 11.0. The Labute approximate surface area is 155 Å². The van der Waals surface area contributed by atoms with Gasteiger partial charge in [-0.3, -0.25) is 9.69 Å². The number of nitrogens with zero attached hydrogens (tertiary/aromatic N) is 1. The molecule has 0 radical (unpaired) electrons. The van der Waals surface area contributed by atoms with Crippen molar-refractivity contribution in [3.05, 3.63) is 65.2 Å². The largest absolute Gasteiger partial charge is 0.494 e. The Morgan fingerprint density at radius 1 is 1.23 bits per heavy atom. The van der Waals surface area contributed by atoms with E-state index in [0.29, 0.717) is 12.5 Å². The number of carboxylic acid groups (broad SMARTS) is 1. The lowest BCUT2D eigenvalue weighted by Crippen LogP contribution is -2.35. The molecule has 0 saturated carbocycles. The SMILES string of the molecule is CCOc1ccc2c(c1)CC[C@H](CN(C)CC(=O)O)[C@@H]2c1ccccc1. The van der Waals surface area contributed by atoms with Crippen molar-refractivity contribution >= 4 is 5.97 Å². The van der Waals surface area contributed by atoms with Gasteiger partial charge in [-0.1, -0.05) is 36.4 Å². The molecule has 4 heteroatoms. The van der Waals surface area contributed by atoms with E-state index in [1.54, 1.807) is 0 Å². The van der Waals surface area contributed by atoms with Gasteiger partial charge in [-0.2, -0.15) is 0 Å². The van der Waals surface area contributed by atoms with Crippen LogP contribution in [-0.2, 0) is 11.2 Å². The summed E-state index contributed by atoms with van der Waals surface area (Å²) in [4.78, 5) is 13.0. The fourth-order valence-electron chi connectivity index (χ4n) is 4.12. The summed E-state index contributed by atoms with van der Waals surface area (Å²) in [7, 11) is 1.89. The van der Waals surface area contributed by atoms with Crippen molar-refractivity contribution in [3.63, 3.8) is 0 Å². The van der Waals surface area contributed by atoms with E-state index in [2.05, 4.69) is 42.5 Å². The van der Waals surface area contributed by atoms with Crippen molar-refractivity contribution in [1.82, 2.24) is 4.90 Å². The molecule has 3 rings (SSSR count). The second-order valence-electron chi connectivity index (χ2n) is 7.07. The molecule has 2 aromatic rings. The number of aryl methyl sites for hydroxylation is 1. The van der Waals surface area contributed by atoms with Crippen LogP contribution in [0.1, 0.15) is 36.0 Å². The zero-order valence-corrected chi connectivity index (χ0v) is 15.5. The van der Waals surface area contributed by atoms with Gasteiger partial charge in [0.05, 0.1) is 13.2 Å². The fourth-order valence-corrected chi connectivity index (χ4v) is 4.12. The molecular formula is C22H27NO3. The number of carboxylic acids is 1. The summed E-state index contributed by atoms with van der Waals surface area (Å²) in [5, 5.41) is 9.08. The van der Waals surface area contributed by atoms with Crippen LogP contribution < -0.4 is 4.74 Å². The lowest BCUT2D eigenvalue weighted by molar-refractivity contribution is -0.138. The monoisotopic (exact) mass is 353 g/mol. The van der Waals surface area contributed by atoms with Crippen LogP contribution in [0.25, 0.3) is 0 Å². The maximum atomic E-state index is 11.0. The van der Waals surface area contributed by atoms with Crippen molar-refractivity contribution in [2.75, 3.05) is 26.7 Å². The summed E-state index contributed by atoms with van der Waals surface area (Å²) in [5.41, 5.74) is 3.99. The summed E-state index contributed by atoms with van der Waals surface area (Å²) in [5.74, 6) is 0.833. The number of likely N-dealkylation sites (N-methyl/N-ethyl adjacent to an activating group) is 1. The molecule has 2 aromatic carbocycles. The van der Waals surface area contributed by atoms with Gasteiger partial charge in [-0.05, 0) is 61.6 Å². The smallest absolute Gasteiger partial charge is 0.317 e. The zero-order valence-electron chi connectivity index (χ0n) is 15.5. The molecule has 26 heavy (non-hydrogen) atoms. The number of hydrogen-bond acceptors (Lipinski definition) is 3. The lowest BCUT2D eigenvalue weighted by atomic mass is 9.71. The quantitative estimate of drug-likeness (QED) is 0.823. The van der Waals surface area contributed by atoms with Crippen molar-refractivity contribution in [2.24, 2.45) is 5.92 Å². The predicted molar refractivity (Wildman–Crippen MR) is 103 cm³/mol. The zero-order chi connectivity index (χ0) is 18.5. The normalized spacial score (nSPS) is 19.2. The van der Waals surface area contributed by atoms with Gasteiger partial charge in [0.15, 0.2) is 0 Å². The molecule has 0 unspecified atom stereocenters. The van der Waals surface area contributed by atoms with E-state index in [9.17, 15) is 4.79 Å². The van der Waals surface area contributed by atoms with E-state index < -0.39 is 5.97 Å². The summed E-state index contributed by atoms with van der Waals surface area (Å²) in [6.45, 7) is 3.52. The van der Waals surface area contributed by atoms with Crippen molar-refractivity contribution in [3.8, 4) is 5.75 Å². The molecule has 0 spiro atoms. The molecule has 2 atom stereocenters. The van der Waals surface area contributed by atoms with Crippen LogP contribution in [0.3, 0.4) is 0 Å². The summed E-state index contributed by atoms with van der Waals surface area (Å²) in [6, 6.07) is 17.0. The van der Waals surface area contributed by atoms with Crippen molar-refractivity contribution in [2.45, 2.75) is 25.7 Å². The minimum atomic E-state index is -0.777. The van der Waals surface area contributed by atoms with Gasteiger partial charge in [0.2, 0.25) is 0 Å². The van der Waals surface area contributed by atoms with E-state index in [4.69, 9.17) is 9.84 Å². The van der Waals surface area contributed by atoms with E-state index in [-0.39, 0.29) is 12.5 Å². The molecule has 0 amide bonds. The highest BCUT2D eigenvalue weighted by molar-refractivity contribution is 5.69. The van der Waals surface area contributed by atoms with Gasteiger partial charge in [-0.15, -0.1) is 0 Å². The molecule has 0 heterocycles. The van der Waals surface area contributed by atoms with Gasteiger partial charge in [0, 0.05) is 12.5 Å². The highest BCUT2D eigenvalue weighted by Gasteiger charge is 2.32. The van der Waals surface area contributed by atoms with Gasteiger partial charge in [-0.25, -0.2) is 0 Å². The van der Waals surface area contributed by atoms with Gasteiger partial charge < -0.3 is 9.84 Å². The first-order valence-electron chi connectivity index (χ1n) is 9.29. The predicted octanol–water partition coefficient (Wildman–Crippen LogP) is 3.80. The maximum Gasteiger partial charge on any atom is 0.317 e. The average Bonchev–Trinajstić information content (AvgIpc) is 2.62. The number of hydrogen-bond donors (Lipinski definition) is 1. The Hall–Kier alpha value is -2.33. The molecule has 0 saturated heterocycles. The topological polar surface area (TPSA) is 49.8 Å². The molecule has 0 bridgehead atoms. The number of aliphatic carboxylic acids is 1. The summed E-state index contributed by atoms with van der Waals surface area (Å²) >= 11 is 0. The second-order valence-corrected chi connectivity index (χ2v) is 7.07. The standard InChI is InChI=1S/C22H27NO3/c1-3-26-19-11-12-20-17(13-19)9-10-18(14-23(2)15-21(24)25)22(20)16-7-5-4-6-8-16/h4-8,11-13,18,22H,3,9-10,14-15H2,1-2H3,(H,24,25)/t18-,22+/m1/s1. The molecule has 0 aromatic heterocycles. The van der Waals surface area contributed by atoms with E-state index in [0.717, 1.165) is 25.1 Å². The van der Waals surface area contributed by atoms with Crippen LogP contribution in [0, 0.1) is 5.92 Å². The lowest BCUT2D eigenvalue weighted by Gasteiger charge is -2.36. The van der Waals surface area contributed by atoms with Crippen LogP contribution in [0.15, 0.2) is 48.5 Å². The van der Waals surface area contributed by atoms with E-state index >= 15 is 0 Å². The molecule has 0 fully saturated rings. The van der Waals surface area contributed by atoms with E-state index in [1.165, 1.54) is 16.7 Å². The number of ether oxygens (including phenoxy) is 1. The van der Waals surface area contributed by atoms with Gasteiger partial charge in [0.25, 0.3) is 0 Å². The number of fused-ring (bicyclic) bond motifs is 1. The second kappa shape index (κ2) is 8.37. The van der Waals surface area contributed by atoms with Crippen LogP contribution in [0.2, 0.25) is 0 Å². The third kappa shape index (κ3) is 4.25. The molecular weight excluding hydrogens is 326 g/mol. The number of carbonyl (C=O) groups is 1. The Kier molecular flexibility index (Phi) is 5.94. The third-order valence-electron chi connectivity index (χ3n) is 5.13. The van der Waals surface area contributed by atoms with Crippen LogP contribution in [0.5, 0.6) is 5.75 Å². The highest BCUT2D eigenvalue weighted by Crippen LogP contribution is 2.42.